The molecule has 0 spiro atoms. The van der Waals surface area contributed by atoms with E-state index < -0.39 is 0 Å². The van der Waals surface area contributed by atoms with E-state index in [-0.39, 0.29) is 5.91 Å². The minimum Gasteiger partial charge on any atom is -0.348 e. The van der Waals surface area contributed by atoms with Crippen molar-refractivity contribution in [1.82, 2.24) is 10.3 Å². The Balaban J connectivity index is 1.82. The second kappa shape index (κ2) is 7.42. The number of benzene rings is 3. The molecule has 1 amide bonds. The molecule has 27 heavy (non-hydrogen) atoms. The number of pyridine rings is 1. The lowest BCUT2D eigenvalue weighted by molar-refractivity contribution is 0.0950. The lowest BCUT2D eigenvalue weighted by Crippen LogP contribution is -2.25. The smallest absolute Gasteiger partial charge is 0.254 e. The van der Waals surface area contributed by atoms with Gasteiger partial charge in [0.1, 0.15) is 0 Å². The van der Waals surface area contributed by atoms with Crippen LogP contribution < -0.4 is 5.32 Å². The zero-order valence-corrected chi connectivity index (χ0v) is 15.1. The molecule has 0 radical (unpaired) electrons. The predicted octanol–water partition coefficient (Wildman–Crippen LogP) is 5.14. The number of hydrogen-bond acceptors (Lipinski definition) is 2. The standard InChI is InChI=1S/C24H20N2O/c1-17-22(24(27)25-16-18-10-4-2-5-11-18)23(19-12-6-3-7-13-19)20-14-8-9-15-21(20)26-17/h2-15H,16H2,1H3,(H,25,27). The molecule has 0 saturated heterocycles. The highest BCUT2D eigenvalue weighted by molar-refractivity contribution is 6.09. The number of carbonyl (C=O) groups is 1. The van der Waals surface area contributed by atoms with Gasteiger partial charge in [0.25, 0.3) is 5.91 Å². The Morgan fingerprint density at radius 2 is 1.48 bits per heavy atom. The van der Waals surface area contributed by atoms with Crippen LogP contribution in [0.25, 0.3) is 22.0 Å². The Kier molecular flexibility index (Phi) is 4.67. The van der Waals surface area contributed by atoms with E-state index in [0.717, 1.165) is 33.3 Å². The average molecular weight is 352 g/mol. The Morgan fingerprint density at radius 3 is 2.22 bits per heavy atom. The number of amides is 1. The first-order valence-corrected chi connectivity index (χ1v) is 9.01. The summed E-state index contributed by atoms with van der Waals surface area (Å²) in [5, 5.41) is 4.04. The number of nitrogens with zero attached hydrogens (tertiary/aromatic N) is 1. The van der Waals surface area contributed by atoms with Crippen LogP contribution in [0, 0.1) is 6.92 Å². The highest BCUT2D eigenvalue weighted by atomic mass is 16.1. The molecule has 0 unspecified atom stereocenters. The van der Waals surface area contributed by atoms with Crippen molar-refractivity contribution < 1.29 is 4.79 Å². The molecule has 3 heteroatoms. The van der Waals surface area contributed by atoms with Gasteiger partial charge < -0.3 is 5.32 Å². The maximum absolute atomic E-state index is 13.1. The van der Waals surface area contributed by atoms with Gasteiger partial charge in [-0.1, -0.05) is 78.9 Å². The van der Waals surface area contributed by atoms with Crippen LogP contribution in [0.3, 0.4) is 0 Å². The lowest BCUT2D eigenvalue weighted by atomic mass is 9.94. The second-order valence-corrected chi connectivity index (χ2v) is 6.50. The molecule has 0 bridgehead atoms. The molecule has 0 fully saturated rings. The van der Waals surface area contributed by atoms with Crippen LogP contribution in [0.5, 0.6) is 0 Å². The quantitative estimate of drug-likeness (QED) is 0.552. The summed E-state index contributed by atoms with van der Waals surface area (Å²) < 4.78 is 0. The highest BCUT2D eigenvalue weighted by Crippen LogP contribution is 2.32. The van der Waals surface area contributed by atoms with E-state index in [1.54, 1.807) is 0 Å². The van der Waals surface area contributed by atoms with Crippen LogP contribution in [0.2, 0.25) is 0 Å². The highest BCUT2D eigenvalue weighted by Gasteiger charge is 2.20. The maximum Gasteiger partial charge on any atom is 0.254 e. The molecular weight excluding hydrogens is 332 g/mol. The summed E-state index contributed by atoms with van der Waals surface area (Å²) >= 11 is 0. The molecule has 1 aromatic heterocycles. The summed E-state index contributed by atoms with van der Waals surface area (Å²) in [5.41, 5.74) is 5.29. The zero-order valence-electron chi connectivity index (χ0n) is 15.1. The van der Waals surface area contributed by atoms with Crippen molar-refractivity contribution >= 4 is 16.8 Å². The van der Waals surface area contributed by atoms with Gasteiger partial charge in [0.05, 0.1) is 16.8 Å². The van der Waals surface area contributed by atoms with E-state index in [4.69, 9.17) is 0 Å². The van der Waals surface area contributed by atoms with Crippen molar-refractivity contribution in [2.75, 3.05) is 0 Å². The molecule has 0 atom stereocenters. The predicted molar refractivity (Wildman–Crippen MR) is 110 cm³/mol. The summed E-state index contributed by atoms with van der Waals surface area (Å²) in [7, 11) is 0. The van der Waals surface area contributed by atoms with Gasteiger partial charge in [-0.15, -0.1) is 0 Å². The first kappa shape index (κ1) is 17.0. The van der Waals surface area contributed by atoms with E-state index in [1.807, 2.05) is 91.9 Å². The Morgan fingerprint density at radius 1 is 0.852 bits per heavy atom. The molecule has 132 valence electrons. The van der Waals surface area contributed by atoms with Crippen molar-refractivity contribution in [1.29, 1.82) is 0 Å². The molecule has 0 aliphatic rings. The van der Waals surface area contributed by atoms with E-state index in [9.17, 15) is 4.79 Å². The molecule has 1 N–H and O–H groups in total. The summed E-state index contributed by atoms with van der Waals surface area (Å²) in [6.45, 7) is 2.39. The fourth-order valence-corrected chi connectivity index (χ4v) is 3.38. The van der Waals surface area contributed by atoms with Gasteiger partial charge in [0.2, 0.25) is 0 Å². The van der Waals surface area contributed by atoms with Gasteiger partial charge in [-0.3, -0.25) is 9.78 Å². The number of aromatic nitrogens is 1. The fraction of sp³-hybridized carbons (Fsp3) is 0.0833. The van der Waals surface area contributed by atoms with Crippen LogP contribution in [-0.2, 0) is 6.54 Å². The van der Waals surface area contributed by atoms with Crippen LogP contribution in [0.4, 0.5) is 0 Å². The van der Waals surface area contributed by atoms with Gasteiger partial charge in [-0.25, -0.2) is 0 Å². The molecule has 3 nitrogen and oxygen atoms in total. The van der Waals surface area contributed by atoms with Crippen LogP contribution in [0.1, 0.15) is 21.6 Å². The van der Waals surface area contributed by atoms with Gasteiger partial charge in [-0.05, 0) is 24.1 Å². The molecule has 4 rings (SSSR count). The molecule has 1 heterocycles. The SMILES string of the molecule is Cc1nc2ccccc2c(-c2ccccc2)c1C(=O)NCc1ccccc1. The van der Waals surface area contributed by atoms with Crippen LogP contribution in [0.15, 0.2) is 84.9 Å². The maximum atomic E-state index is 13.1. The third kappa shape index (κ3) is 3.44. The number of hydrogen-bond donors (Lipinski definition) is 1. The van der Waals surface area contributed by atoms with Crippen LogP contribution >= 0.6 is 0 Å². The number of para-hydroxylation sites is 1. The van der Waals surface area contributed by atoms with Crippen molar-refractivity contribution in [2.24, 2.45) is 0 Å². The fourth-order valence-electron chi connectivity index (χ4n) is 3.38. The molecular formula is C24H20N2O. The van der Waals surface area contributed by atoms with Gasteiger partial charge in [-0.2, -0.15) is 0 Å². The summed E-state index contributed by atoms with van der Waals surface area (Å²) in [6, 6.07) is 27.9. The zero-order chi connectivity index (χ0) is 18.6. The van der Waals surface area contributed by atoms with Crippen molar-refractivity contribution in [3.05, 3.63) is 102 Å². The van der Waals surface area contributed by atoms with Crippen molar-refractivity contribution in [3.8, 4) is 11.1 Å². The number of nitrogens with one attached hydrogen (secondary N) is 1. The third-order valence-electron chi connectivity index (χ3n) is 4.66. The van der Waals surface area contributed by atoms with E-state index in [0.29, 0.717) is 12.1 Å². The monoisotopic (exact) mass is 352 g/mol. The Bertz CT molecular complexity index is 1090. The average Bonchev–Trinajstić information content (AvgIpc) is 2.72. The normalized spacial score (nSPS) is 10.7. The lowest BCUT2D eigenvalue weighted by Gasteiger charge is -2.16. The van der Waals surface area contributed by atoms with Gasteiger partial charge in [0.15, 0.2) is 0 Å². The summed E-state index contributed by atoms with van der Waals surface area (Å²) in [4.78, 5) is 17.8. The number of carbonyl (C=O) groups excluding carboxylic acids is 1. The van der Waals surface area contributed by atoms with E-state index in [2.05, 4.69) is 10.3 Å². The number of rotatable bonds is 4. The molecule has 0 saturated carbocycles. The van der Waals surface area contributed by atoms with Gasteiger partial charge in [0, 0.05) is 17.5 Å². The van der Waals surface area contributed by atoms with E-state index >= 15 is 0 Å². The van der Waals surface area contributed by atoms with Gasteiger partial charge >= 0.3 is 0 Å². The molecule has 3 aromatic carbocycles. The van der Waals surface area contributed by atoms with Crippen molar-refractivity contribution in [2.45, 2.75) is 13.5 Å². The minimum absolute atomic E-state index is 0.103. The third-order valence-corrected chi connectivity index (χ3v) is 4.66. The topological polar surface area (TPSA) is 42.0 Å². The molecule has 4 aromatic rings. The van der Waals surface area contributed by atoms with E-state index in [1.165, 1.54) is 0 Å². The summed E-state index contributed by atoms with van der Waals surface area (Å²) in [6.07, 6.45) is 0. The first-order valence-electron chi connectivity index (χ1n) is 9.01. The summed E-state index contributed by atoms with van der Waals surface area (Å²) in [5.74, 6) is -0.103. The molecule has 0 aliphatic carbocycles. The number of aryl methyl sites for hydroxylation is 1. The second-order valence-electron chi connectivity index (χ2n) is 6.50. The first-order chi connectivity index (χ1) is 13.2. The molecule has 0 aliphatic heterocycles. The Hall–Kier alpha value is -3.46. The Labute approximate surface area is 158 Å². The minimum atomic E-state index is -0.103. The largest absolute Gasteiger partial charge is 0.348 e. The van der Waals surface area contributed by atoms with Crippen molar-refractivity contribution in [3.63, 3.8) is 0 Å². The number of fused-ring (bicyclic) bond motifs is 1. The van der Waals surface area contributed by atoms with Crippen LogP contribution in [-0.4, -0.2) is 10.9 Å².